The summed E-state index contributed by atoms with van der Waals surface area (Å²) in [5, 5.41) is 18.0. The number of hydrogen-bond donors (Lipinski definition) is 3. The molecule has 0 aliphatic carbocycles. The first-order valence-corrected chi connectivity index (χ1v) is 3.91. The van der Waals surface area contributed by atoms with Gasteiger partial charge in [-0.05, 0) is 18.6 Å². The van der Waals surface area contributed by atoms with Crippen molar-refractivity contribution >= 4 is 12.4 Å². The van der Waals surface area contributed by atoms with E-state index in [1.807, 2.05) is 0 Å². The maximum atomic E-state index is 12.9. The third-order valence-corrected chi connectivity index (χ3v) is 1.83. The molecule has 0 bridgehead atoms. The van der Waals surface area contributed by atoms with E-state index in [2.05, 4.69) is 0 Å². The summed E-state index contributed by atoms with van der Waals surface area (Å²) in [4.78, 5) is 0. The molecule has 1 aromatic rings. The SMILES string of the molecule is Cc1cc(F)c(O)c([C@H](N)CO)c1.Cl. The third-order valence-electron chi connectivity index (χ3n) is 1.83. The molecule has 0 saturated heterocycles. The highest BCUT2D eigenvalue weighted by molar-refractivity contribution is 5.85. The van der Waals surface area contributed by atoms with Crippen molar-refractivity contribution in [3.8, 4) is 5.75 Å². The first-order chi connectivity index (χ1) is 6.06. The molecule has 0 fully saturated rings. The second-order valence-corrected chi connectivity index (χ2v) is 2.97. The molecule has 3 nitrogen and oxygen atoms in total. The van der Waals surface area contributed by atoms with Crippen molar-refractivity contribution in [1.82, 2.24) is 0 Å². The molecule has 0 spiro atoms. The van der Waals surface area contributed by atoms with Crippen LogP contribution in [-0.2, 0) is 0 Å². The largest absolute Gasteiger partial charge is 0.505 e. The summed E-state index contributed by atoms with van der Waals surface area (Å²) in [5.74, 6) is -1.19. The van der Waals surface area contributed by atoms with Gasteiger partial charge in [0.15, 0.2) is 11.6 Å². The minimum atomic E-state index is -0.741. The number of halogens is 2. The summed E-state index contributed by atoms with van der Waals surface area (Å²) in [6.07, 6.45) is 0. The molecular formula is C9H13ClFNO2. The normalized spacial score (nSPS) is 12.0. The van der Waals surface area contributed by atoms with Crippen LogP contribution in [-0.4, -0.2) is 16.8 Å². The molecule has 1 aromatic carbocycles. The van der Waals surface area contributed by atoms with Crippen molar-refractivity contribution in [2.75, 3.05) is 6.61 Å². The quantitative estimate of drug-likeness (QED) is 0.704. The zero-order valence-corrected chi connectivity index (χ0v) is 8.51. The second-order valence-electron chi connectivity index (χ2n) is 2.97. The highest BCUT2D eigenvalue weighted by Gasteiger charge is 2.13. The van der Waals surface area contributed by atoms with Crippen molar-refractivity contribution in [3.63, 3.8) is 0 Å². The van der Waals surface area contributed by atoms with Gasteiger partial charge in [0.05, 0.1) is 12.6 Å². The molecule has 0 amide bonds. The summed E-state index contributed by atoms with van der Waals surface area (Å²) in [6, 6.07) is 2.02. The molecule has 0 aliphatic heterocycles. The number of hydrogen-bond acceptors (Lipinski definition) is 3. The van der Waals surface area contributed by atoms with Gasteiger partial charge in [-0.25, -0.2) is 4.39 Å². The Hall–Kier alpha value is -0.840. The van der Waals surface area contributed by atoms with Crippen molar-refractivity contribution in [2.45, 2.75) is 13.0 Å². The summed E-state index contributed by atoms with van der Waals surface area (Å²) >= 11 is 0. The van der Waals surface area contributed by atoms with Gasteiger partial charge in [-0.1, -0.05) is 6.07 Å². The van der Waals surface area contributed by atoms with Gasteiger partial charge in [0.1, 0.15) is 0 Å². The Morgan fingerprint density at radius 2 is 2.07 bits per heavy atom. The van der Waals surface area contributed by atoms with Crippen LogP contribution in [0.4, 0.5) is 4.39 Å². The lowest BCUT2D eigenvalue weighted by atomic mass is 10.0. The first kappa shape index (κ1) is 13.2. The van der Waals surface area contributed by atoms with Crippen molar-refractivity contribution in [1.29, 1.82) is 0 Å². The zero-order chi connectivity index (χ0) is 10.0. The zero-order valence-electron chi connectivity index (χ0n) is 7.70. The van der Waals surface area contributed by atoms with E-state index in [1.165, 1.54) is 6.07 Å². The second kappa shape index (κ2) is 5.14. The molecule has 0 aromatic heterocycles. The van der Waals surface area contributed by atoms with Crippen LogP contribution in [0.25, 0.3) is 0 Å². The number of aliphatic hydroxyl groups excluding tert-OH is 1. The minimum absolute atomic E-state index is 0. The van der Waals surface area contributed by atoms with E-state index in [0.717, 1.165) is 0 Å². The molecule has 14 heavy (non-hydrogen) atoms. The Morgan fingerprint density at radius 3 is 2.57 bits per heavy atom. The number of aryl methyl sites for hydroxylation is 1. The van der Waals surface area contributed by atoms with Crippen molar-refractivity contribution in [3.05, 3.63) is 29.1 Å². The Bertz CT molecular complexity index is 320. The maximum Gasteiger partial charge on any atom is 0.165 e. The fourth-order valence-electron chi connectivity index (χ4n) is 1.14. The molecule has 5 heteroatoms. The van der Waals surface area contributed by atoms with Crippen LogP contribution >= 0.6 is 12.4 Å². The topological polar surface area (TPSA) is 66.5 Å². The summed E-state index contributed by atoms with van der Waals surface area (Å²) < 4.78 is 12.9. The van der Waals surface area contributed by atoms with Gasteiger partial charge < -0.3 is 15.9 Å². The number of phenols is 1. The van der Waals surface area contributed by atoms with Gasteiger partial charge >= 0.3 is 0 Å². The predicted molar refractivity (Wildman–Crippen MR) is 54.1 cm³/mol. The predicted octanol–water partition coefficient (Wildman–Crippen LogP) is 1.25. The number of phenolic OH excluding ortho intramolecular Hbond substituents is 1. The summed E-state index contributed by atoms with van der Waals surface area (Å²) in [5.41, 5.74) is 6.35. The van der Waals surface area contributed by atoms with Gasteiger partial charge in [0.2, 0.25) is 0 Å². The van der Waals surface area contributed by atoms with Gasteiger partial charge in [-0.15, -0.1) is 12.4 Å². The van der Waals surface area contributed by atoms with E-state index in [-0.39, 0.29) is 24.6 Å². The highest BCUT2D eigenvalue weighted by atomic mass is 35.5. The average Bonchev–Trinajstić information content (AvgIpc) is 2.10. The Labute approximate surface area is 87.8 Å². The molecule has 0 heterocycles. The molecule has 80 valence electrons. The van der Waals surface area contributed by atoms with Crippen LogP contribution in [0.1, 0.15) is 17.2 Å². The van der Waals surface area contributed by atoms with Crippen molar-refractivity contribution in [2.24, 2.45) is 5.73 Å². The molecule has 1 rings (SSSR count). The maximum absolute atomic E-state index is 12.9. The van der Waals surface area contributed by atoms with E-state index in [4.69, 9.17) is 10.8 Å². The molecule has 0 unspecified atom stereocenters. The van der Waals surface area contributed by atoms with E-state index < -0.39 is 17.6 Å². The van der Waals surface area contributed by atoms with Crippen LogP contribution in [0.15, 0.2) is 12.1 Å². The number of nitrogens with two attached hydrogens (primary N) is 1. The Kier molecular flexibility index (Phi) is 4.83. The lowest BCUT2D eigenvalue weighted by molar-refractivity contribution is 0.264. The molecule has 1 atom stereocenters. The van der Waals surface area contributed by atoms with E-state index >= 15 is 0 Å². The minimum Gasteiger partial charge on any atom is -0.505 e. The van der Waals surface area contributed by atoms with Crippen LogP contribution in [0.5, 0.6) is 5.75 Å². The van der Waals surface area contributed by atoms with Crippen LogP contribution in [0, 0.1) is 12.7 Å². The summed E-state index contributed by atoms with van der Waals surface area (Å²) in [6.45, 7) is 1.37. The lowest BCUT2D eigenvalue weighted by Gasteiger charge is -2.11. The molecular weight excluding hydrogens is 209 g/mol. The van der Waals surface area contributed by atoms with E-state index in [0.29, 0.717) is 5.56 Å². The Morgan fingerprint density at radius 1 is 1.50 bits per heavy atom. The van der Waals surface area contributed by atoms with Gasteiger partial charge in [-0.3, -0.25) is 0 Å². The van der Waals surface area contributed by atoms with E-state index in [9.17, 15) is 9.50 Å². The average molecular weight is 222 g/mol. The Balaban J connectivity index is 0.00000169. The number of aromatic hydroxyl groups is 1. The smallest absolute Gasteiger partial charge is 0.165 e. The van der Waals surface area contributed by atoms with Crippen molar-refractivity contribution < 1.29 is 14.6 Å². The van der Waals surface area contributed by atoms with Gasteiger partial charge in [0, 0.05) is 5.56 Å². The van der Waals surface area contributed by atoms with E-state index in [1.54, 1.807) is 13.0 Å². The fraction of sp³-hybridized carbons (Fsp3) is 0.333. The third kappa shape index (κ3) is 2.57. The molecule has 0 saturated carbocycles. The highest BCUT2D eigenvalue weighted by Crippen LogP contribution is 2.26. The van der Waals surface area contributed by atoms with Gasteiger partial charge in [0.25, 0.3) is 0 Å². The van der Waals surface area contributed by atoms with Crippen LogP contribution in [0.2, 0.25) is 0 Å². The molecule has 0 aliphatic rings. The number of rotatable bonds is 2. The summed E-state index contributed by atoms with van der Waals surface area (Å²) in [7, 11) is 0. The van der Waals surface area contributed by atoms with Crippen LogP contribution in [0.3, 0.4) is 0 Å². The molecule has 0 radical (unpaired) electrons. The van der Waals surface area contributed by atoms with Crippen LogP contribution < -0.4 is 5.73 Å². The lowest BCUT2D eigenvalue weighted by Crippen LogP contribution is -2.15. The van der Waals surface area contributed by atoms with Gasteiger partial charge in [-0.2, -0.15) is 0 Å². The fourth-order valence-corrected chi connectivity index (χ4v) is 1.14. The number of aliphatic hydroxyl groups is 1. The first-order valence-electron chi connectivity index (χ1n) is 3.91. The monoisotopic (exact) mass is 221 g/mol. The number of benzene rings is 1. The standard InChI is InChI=1S/C9H12FNO2.ClH/c1-5-2-6(8(11)4-12)9(13)7(10)3-5;/h2-3,8,12-13H,4,11H2,1H3;1H/t8-;/m1./s1. The molecule has 4 N–H and O–H groups in total.